The summed E-state index contributed by atoms with van der Waals surface area (Å²) >= 11 is 0. The molecule has 0 atom stereocenters. The Morgan fingerprint density at radius 2 is 2.24 bits per heavy atom. The van der Waals surface area contributed by atoms with E-state index in [0.29, 0.717) is 19.4 Å². The van der Waals surface area contributed by atoms with Crippen LogP contribution in [-0.2, 0) is 11.3 Å². The van der Waals surface area contributed by atoms with E-state index in [2.05, 4.69) is 10.3 Å². The first-order valence-electron chi connectivity index (χ1n) is 5.83. The number of hydrogen-bond donors (Lipinski definition) is 2. The van der Waals surface area contributed by atoms with Gasteiger partial charge in [-0.15, -0.1) is 0 Å². The average molecular weight is 235 g/mol. The van der Waals surface area contributed by atoms with Crippen LogP contribution in [0, 0.1) is 6.92 Å². The fourth-order valence-electron chi connectivity index (χ4n) is 1.40. The SMILES string of the molecule is Cc1ccncc1CNC(=O)CCC(C)(C)N. The molecule has 1 heterocycles. The zero-order valence-corrected chi connectivity index (χ0v) is 10.8. The molecule has 4 heteroatoms. The van der Waals surface area contributed by atoms with Crippen molar-refractivity contribution in [1.29, 1.82) is 0 Å². The number of nitrogens with two attached hydrogens (primary N) is 1. The van der Waals surface area contributed by atoms with E-state index in [-0.39, 0.29) is 11.4 Å². The predicted molar refractivity (Wildman–Crippen MR) is 68.3 cm³/mol. The van der Waals surface area contributed by atoms with E-state index in [1.165, 1.54) is 0 Å². The van der Waals surface area contributed by atoms with Crippen molar-refractivity contribution in [2.24, 2.45) is 5.73 Å². The molecule has 0 fully saturated rings. The van der Waals surface area contributed by atoms with Crippen LogP contribution < -0.4 is 11.1 Å². The molecule has 0 aliphatic rings. The van der Waals surface area contributed by atoms with E-state index in [9.17, 15) is 4.79 Å². The zero-order chi connectivity index (χ0) is 12.9. The van der Waals surface area contributed by atoms with Crippen molar-refractivity contribution in [3.05, 3.63) is 29.6 Å². The quantitative estimate of drug-likeness (QED) is 0.813. The lowest BCUT2D eigenvalue weighted by Crippen LogP contribution is -2.34. The van der Waals surface area contributed by atoms with E-state index in [0.717, 1.165) is 11.1 Å². The van der Waals surface area contributed by atoms with Crippen LogP contribution in [0.2, 0.25) is 0 Å². The molecule has 0 unspecified atom stereocenters. The van der Waals surface area contributed by atoms with E-state index in [4.69, 9.17) is 5.73 Å². The number of aromatic nitrogens is 1. The van der Waals surface area contributed by atoms with E-state index >= 15 is 0 Å². The number of rotatable bonds is 5. The maximum atomic E-state index is 11.6. The van der Waals surface area contributed by atoms with E-state index < -0.39 is 0 Å². The molecule has 0 radical (unpaired) electrons. The summed E-state index contributed by atoms with van der Waals surface area (Å²) in [5.74, 6) is 0.0341. The molecular weight excluding hydrogens is 214 g/mol. The molecule has 17 heavy (non-hydrogen) atoms. The standard InChI is InChI=1S/C13H21N3O/c1-10-5-7-15-8-11(10)9-16-12(17)4-6-13(2,3)14/h5,7-8H,4,6,9,14H2,1-3H3,(H,16,17). The van der Waals surface area contributed by atoms with Gasteiger partial charge in [-0.3, -0.25) is 9.78 Å². The Kier molecular flexibility index (Phi) is 4.63. The lowest BCUT2D eigenvalue weighted by Gasteiger charge is -2.17. The zero-order valence-electron chi connectivity index (χ0n) is 10.8. The van der Waals surface area contributed by atoms with Gasteiger partial charge in [0.25, 0.3) is 0 Å². The van der Waals surface area contributed by atoms with Gasteiger partial charge in [-0.25, -0.2) is 0 Å². The van der Waals surface area contributed by atoms with Crippen LogP contribution in [-0.4, -0.2) is 16.4 Å². The molecule has 0 saturated carbocycles. The van der Waals surface area contributed by atoms with Gasteiger partial charge in [-0.1, -0.05) is 0 Å². The summed E-state index contributed by atoms with van der Waals surface area (Å²) in [6.45, 7) is 6.38. The number of nitrogens with zero attached hydrogens (tertiary/aromatic N) is 1. The summed E-state index contributed by atoms with van der Waals surface area (Å²) < 4.78 is 0. The first-order valence-corrected chi connectivity index (χ1v) is 5.83. The number of amides is 1. The lowest BCUT2D eigenvalue weighted by atomic mass is 10.00. The summed E-state index contributed by atoms with van der Waals surface area (Å²) in [4.78, 5) is 15.6. The monoisotopic (exact) mass is 235 g/mol. The third-order valence-corrected chi connectivity index (χ3v) is 2.62. The first-order chi connectivity index (χ1) is 7.88. The molecular formula is C13H21N3O. The number of hydrogen-bond acceptors (Lipinski definition) is 3. The van der Waals surface area contributed by atoms with Crippen molar-refractivity contribution in [1.82, 2.24) is 10.3 Å². The van der Waals surface area contributed by atoms with Gasteiger partial charge in [0.05, 0.1) is 0 Å². The van der Waals surface area contributed by atoms with Gasteiger partial charge in [0.15, 0.2) is 0 Å². The summed E-state index contributed by atoms with van der Waals surface area (Å²) in [5, 5.41) is 2.88. The maximum absolute atomic E-state index is 11.6. The molecule has 1 rings (SSSR count). The maximum Gasteiger partial charge on any atom is 0.220 e. The molecule has 0 aromatic carbocycles. The van der Waals surface area contributed by atoms with Gasteiger partial charge < -0.3 is 11.1 Å². The summed E-state index contributed by atoms with van der Waals surface area (Å²) in [6.07, 6.45) is 4.67. The van der Waals surface area contributed by atoms with Crippen molar-refractivity contribution < 1.29 is 4.79 Å². The number of carbonyl (C=O) groups is 1. The van der Waals surface area contributed by atoms with Crippen LogP contribution >= 0.6 is 0 Å². The number of nitrogens with one attached hydrogen (secondary N) is 1. The second kappa shape index (κ2) is 5.77. The van der Waals surface area contributed by atoms with Gasteiger partial charge in [0.1, 0.15) is 0 Å². The number of aryl methyl sites for hydroxylation is 1. The van der Waals surface area contributed by atoms with Crippen LogP contribution in [0.15, 0.2) is 18.5 Å². The molecule has 94 valence electrons. The van der Waals surface area contributed by atoms with E-state index in [1.54, 1.807) is 12.4 Å². The third-order valence-electron chi connectivity index (χ3n) is 2.62. The molecule has 3 N–H and O–H groups in total. The summed E-state index contributed by atoms with van der Waals surface area (Å²) in [6, 6.07) is 1.94. The Balaban J connectivity index is 2.36. The molecule has 0 aliphatic heterocycles. The molecule has 0 saturated heterocycles. The van der Waals surface area contributed by atoms with Gasteiger partial charge in [0.2, 0.25) is 5.91 Å². The minimum atomic E-state index is -0.290. The van der Waals surface area contributed by atoms with Crippen LogP contribution in [0.4, 0.5) is 0 Å². The number of pyridine rings is 1. The Morgan fingerprint density at radius 1 is 1.53 bits per heavy atom. The van der Waals surface area contributed by atoms with Crippen molar-refractivity contribution >= 4 is 5.91 Å². The average Bonchev–Trinajstić information content (AvgIpc) is 2.24. The van der Waals surface area contributed by atoms with Crippen molar-refractivity contribution in [2.75, 3.05) is 0 Å². The molecule has 1 aromatic rings. The van der Waals surface area contributed by atoms with E-state index in [1.807, 2.05) is 26.8 Å². The molecule has 0 spiro atoms. The summed E-state index contributed by atoms with van der Waals surface area (Å²) in [7, 11) is 0. The van der Waals surface area contributed by atoms with Gasteiger partial charge >= 0.3 is 0 Å². The highest BCUT2D eigenvalue weighted by Crippen LogP contribution is 2.07. The Labute approximate surface area is 103 Å². The van der Waals surface area contributed by atoms with Gasteiger partial charge in [-0.05, 0) is 44.4 Å². The summed E-state index contributed by atoms with van der Waals surface area (Å²) in [5.41, 5.74) is 7.72. The normalized spacial score (nSPS) is 11.3. The minimum Gasteiger partial charge on any atom is -0.352 e. The second-order valence-corrected chi connectivity index (χ2v) is 5.07. The Hall–Kier alpha value is -1.42. The number of carbonyl (C=O) groups excluding carboxylic acids is 1. The highest BCUT2D eigenvalue weighted by Gasteiger charge is 2.13. The Bertz CT molecular complexity index is 382. The third kappa shape index (κ3) is 5.45. The van der Waals surface area contributed by atoms with Gasteiger partial charge in [-0.2, -0.15) is 0 Å². The topological polar surface area (TPSA) is 68.0 Å². The molecule has 1 aromatic heterocycles. The molecule has 0 bridgehead atoms. The fourth-order valence-corrected chi connectivity index (χ4v) is 1.40. The molecule has 1 amide bonds. The smallest absolute Gasteiger partial charge is 0.220 e. The molecule has 4 nitrogen and oxygen atoms in total. The lowest BCUT2D eigenvalue weighted by molar-refractivity contribution is -0.121. The second-order valence-electron chi connectivity index (χ2n) is 5.07. The predicted octanol–water partition coefficient (Wildman–Crippen LogP) is 1.52. The van der Waals surface area contributed by atoms with Crippen LogP contribution in [0.5, 0.6) is 0 Å². The van der Waals surface area contributed by atoms with Crippen molar-refractivity contribution in [2.45, 2.75) is 45.7 Å². The highest BCUT2D eigenvalue weighted by atomic mass is 16.1. The minimum absolute atomic E-state index is 0.0341. The largest absolute Gasteiger partial charge is 0.352 e. The van der Waals surface area contributed by atoms with Gasteiger partial charge in [0, 0.05) is 30.9 Å². The highest BCUT2D eigenvalue weighted by molar-refractivity contribution is 5.75. The Morgan fingerprint density at radius 3 is 2.82 bits per heavy atom. The first kappa shape index (κ1) is 13.6. The fraction of sp³-hybridized carbons (Fsp3) is 0.538. The van der Waals surface area contributed by atoms with Crippen molar-refractivity contribution in [3.8, 4) is 0 Å². The van der Waals surface area contributed by atoms with Crippen LogP contribution in [0.1, 0.15) is 37.8 Å². The molecule has 0 aliphatic carbocycles. The van der Waals surface area contributed by atoms with Crippen molar-refractivity contribution in [3.63, 3.8) is 0 Å². The van der Waals surface area contributed by atoms with Crippen LogP contribution in [0.25, 0.3) is 0 Å². The van der Waals surface area contributed by atoms with Crippen LogP contribution in [0.3, 0.4) is 0 Å².